The molecular formula is C21H24BrNO3. The van der Waals surface area contributed by atoms with Gasteiger partial charge in [-0.15, -0.1) is 0 Å². The lowest BCUT2D eigenvalue weighted by Crippen LogP contribution is -2.56. The van der Waals surface area contributed by atoms with Crippen molar-refractivity contribution < 1.29 is 14.3 Å². The fourth-order valence-corrected chi connectivity index (χ4v) is 7.80. The third kappa shape index (κ3) is 2.62. The van der Waals surface area contributed by atoms with Crippen molar-refractivity contribution in [2.24, 2.45) is 17.3 Å². The number of fused-ring (bicyclic) bond motifs is 1. The molecule has 4 bridgehead atoms. The van der Waals surface area contributed by atoms with Gasteiger partial charge in [0.15, 0.2) is 6.61 Å². The Hall–Kier alpha value is -1.36. The lowest BCUT2D eigenvalue weighted by Gasteiger charge is -2.58. The number of carbonyl (C=O) groups excluding carboxylic acids is 2. The number of hydrogen-bond acceptors (Lipinski definition) is 3. The molecule has 4 atom stereocenters. The van der Waals surface area contributed by atoms with Crippen molar-refractivity contribution in [2.45, 2.75) is 49.3 Å². The van der Waals surface area contributed by atoms with E-state index in [4.69, 9.17) is 4.74 Å². The van der Waals surface area contributed by atoms with Crippen molar-refractivity contribution in [3.8, 4) is 0 Å². The monoisotopic (exact) mass is 417 g/mol. The van der Waals surface area contributed by atoms with Crippen molar-refractivity contribution in [2.75, 3.05) is 18.1 Å². The Morgan fingerprint density at radius 2 is 1.88 bits per heavy atom. The van der Waals surface area contributed by atoms with Crippen LogP contribution in [-0.2, 0) is 20.7 Å². The molecule has 138 valence electrons. The average Bonchev–Trinajstić information content (AvgIpc) is 3.01. The number of carbonyl (C=O) groups is 2. The zero-order valence-electron chi connectivity index (χ0n) is 14.9. The number of hydrogen-bond donors (Lipinski definition) is 0. The van der Waals surface area contributed by atoms with Gasteiger partial charge in [-0.3, -0.25) is 9.59 Å². The van der Waals surface area contributed by atoms with Gasteiger partial charge in [0.05, 0.1) is 5.41 Å². The second-order valence-electron chi connectivity index (χ2n) is 8.89. The standard InChI is InChI=1S/C21H24BrNO3/c22-21-10-14-7-15(11-21)9-20(8-14,13-21)19(25)26-12-18(24)23-6-5-16-3-1-2-4-17(16)23/h1-4,14-15H,5-13H2/t14-,15+,20?,21?. The van der Waals surface area contributed by atoms with Gasteiger partial charge in [0.2, 0.25) is 0 Å². The van der Waals surface area contributed by atoms with Crippen LogP contribution >= 0.6 is 15.9 Å². The summed E-state index contributed by atoms with van der Waals surface area (Å²) in [5, 5.41) is 0. The quantitative estimate of drug-likeness (QED) is 0.554. The molecule has 0 N–H and O–H groups in total. The van der Waals surface area contributed by atoms with Crippen molar-refractivity contribution in [3.63, 3.8) is 0 Å². The average molecular weight is 418 g/mol. The molecule has 4 nitrogen and oxygen atoms in total. The number of amides is 1. The largest absolute Gasteiger partial charge is 0.455 e. The van der Waals surface area contributed by atoms with Crippen molar-refractivity contribution >= 4 is 33.5 Å². The van der Waals surface area contributed by atoms with Crippen molar-refractivity contribution in [1.29, 1.82) is 0 Å². The molecule has 1 heterocycles. The summed E-state index contributed by atoms with van der Waals surface area (Å²) >= 11 is 3.93. The van der Waals surface area contributed by atoms with Gasteiger partial charge >= 0.3 is 5.97 Å². The second-order valence-corrected chi connectivity index (χ2v) is 10.6. The zero-order chi connectivity index (χ0) is 17.9. The first-order valence-corrected chi connectivity index (χ1v) is 10.5. The molecule has 1 aliphatic heterocycles. The fraction of sp³-hybridized carbons (Fsp3) is 0.619. The smallest absolute Gasteiger partial charge is 0.312 e. The topological polar surface area (TPSA) is 46.6 Å². The molecule has 0 radical (unpaired) electrons. The molecule has 5 heteroatoms. The van der Waals surface area contributed by atoms with Crippen LogP contribution in [0, 0.1) is 17.3 Å². The molecule has 4 saturated carbocycles. The van der Waals surface area contributed by atoms with Crippen LogP contribution in [0.25, 0.3) is 0 Å². The van der Waals surface area contributed by atoms with E-state index in [2.05, 4.69) is 22.0 Å². The van der Waals surface area contributed by atoms with Gasteiger partial charge in [0.25, 0.3) is 5.91 Å². The molecule has 2 unspecified atom stereocenters. The minimum Gasteiger partial charge on any atom is -0.455 e. The molecule has 1 amide bonds. The molecular weight excluding hydrogens is 394 g/mol. The summed E-state index contributed by atoms with van der Waals surface area (Å²) < 4.78 is 5.73. The van der Waals surface area contributed by atoms with Crippen molar-refractivity contribution in [1.82, 2.24) is 0 Å². The molecule has 4 aliphatic carbocycles. The van der Waals surface area contributed by atoms with Crippen LogP contribution in [0.2, 0.25) is 0 Å². The molecule has 5 aliphatic rings. The van der Waals surface area contributed by atoms with E-state index >= 15 is 0 Å². The van der Waals surface area contributed by atoms with Gasteiger partial charge in [-0.25, -0.2) is 0 Å². The zero-order valence-corrected chi connectivity index (χ0v) is 16.5. The Morgan fingerprint density at radius 1 is 1.15 bits per heavy atom. The highest BCUT2D eigenvalue weighted by Gasteiger charge is 2.60. The predicted octanol–water partition coefficient (Wildman–Crippen LogP) is 3.85. The number of alkyl halides is 1. The lowest BCUT2D eigenvalue weighted by atomic mass is 9.49. The third-order valence-corrected chi connectivity index (χ3v) is 7.87. The summed E-state index contributed by atoms with van der Waals surface area (Å²) in [4.78, 5) is 27.4. The summed E-state index contributed by atoms with van der Waals surface area (Å²) in [5.74, 6) is 1.01. The molecule has 0 aromatic heterocycles. The first kappa shape index (κ1) is 16.8. The van der Waals surface area contributed by atoms with Crippen LogP contribution < -0.4 is 4.90 Å². The van der Waals surface area contributed by atoms with Gasteiger partial charge in [-0.1, -0.05) is 34.1 Å². The number of rotatable bonds is 3. The predicted molar refractivity (Wildman–Crippen MR) is 102 cm³/mol. The maximum absolute atomic E-state index is 13.0. The third-order valence-electron chi connectivity index (χ3n) is 6.94. The second kappa shape index (κ2) is 5.82. The molecule has 4 fully saturated rings. The molecule has 0 saturated heterocycles. The van der Waals surface area contributed by atoms with E-state index in [1.165, 1.54) is 24.8 Å². The van der Waals surface area contributed by atoms with Gasteiger partial charge in [0.1, 0.15) is 0 Å². The summed E-state index contributed by atoms with van der Waals surface area (Å²) in [7, 11) is 0. The van der Waals surface area contributed by atoms with E-state index in [1.807, 2.05) is 18.2 Å². The molecule has 1 aromatic carbocycles. The molecule has 26 heavy (non-hydrogen) atoms. The van der Waals surface area contributed by atoms with Crippen LogP contribution in [0.15, 0.2) is 24.3 Å². The number of nitrogens with zero attached hydrogens (tertiary/aromatic N) is 1. The van der Waals surface area contributed by atoms with Gasteiger partial charge in [-0.2, -0.15) is 0 Å². The molecule has 1 aromatic rings. The Kier molecular flexibility index (Phi) is 3.76. The fourth-order valence-electron chi connectivity index (χ4n) is 6.35. The first-order valence-electron chi connectivity index (χ1n) is 9.71. The minimum absolute atomic E-state index is 0.110. The van der Waals surface area contributed by atoms with E-state index in [1.54, 1.807) is 4.90 Å². The van der Waals surface area contributed by atoms with Gasteiger partial charge < -0.3 is 9.64 Å². The minimum atomic E-state index is -0.364. The van der Waals surface area contributed by atoms with Crippen LogP contribution in [0.4, 0.5) is 5.69 Å². The van der Waals surface area contributed by atoms with Crippen LogP contribution in [0.3, 0.4) is 0 Å². The van der Waals surface area contributed by atoms with Crippen LogP contribution in [0.5, 0.6) is 0 Å². The van der Waals surface area contributed by atoms with Gasteiger partial charge in [-0.05, 0) is 68.4 Å². The van der Waals surface area contributed by atoms with E-state index in [0.717, 1.165) is 31.4 Å². The number of halogens is 1. The lowest BCUT2D eigenvalue weighted by molar-refractivity contribution is -0.171. The highest BCUT2D eigenvalue weighted by molar-refractivity contribution is 9.10. The maximum Gasteiger partial charge on any atom is 0.312 e. The van der Waals surface area contributed by atoms with Crippen LogP contribution in [0.1, 0.15) is 44.1 Å². The number of ether oxygens (including phenoxy) is 1. The normalized spacial score (nSPS) is 36.9. The maximum atomic E-state index is 13.0. The van der Waals surface area contributed by atoms with Crippen LogP contribution in [-0.4, -0.2) is 29.4 Å². The van der Waals surface area contributed by atoms with Crippen molar-refractivity contribution in [3.05, 3.63) is 29.8 Å². The number of anilines is 1. The molecule has 0 spiro atoms. The SMILES string of the molecule is O=C(COC(=O)C12C[C@@H]3C[C@@H](CC(Br)(C3)C1)C2)N1CCc2ccccc21. The van der Waals surface area contributed by atoms with E-state index in [0.29, 0.717) is 18.4 Å². The number of benzene rings is 1. The van der Waals surface area contributed by atoms with E-state index in [9.17, 15) is 9.59 Å². The number of para-hydroxylation sites is 1. The van der Waals surface area contributed by atoms with E-state index in [-0.39, 0.29) is 28.2 Å². The summed E-state index contributed by atoms with van der Waals surface area (Å²) in [6, 6.07) is 7.96. The van der Waals surface area contributed by atoms with E-state index < -0.39 is 0 Å². The number of esters is 1. The summed E-state index contributed by atoms with van der Waals surface area (Å²) in [6.07, 6.45) is 7.24. The Morgan fingerprint density at radius 3 is 2.62 bits per heavy atom. The summed E-state index contributed by atoms with van der Waals surface area (Å²) in [5.41, 5.74) is 1.79. The Balaban J connectivity index is 1.26. The summed E-state index contributed by atoms with van der Waals surface area (Å²) in [6.45, 7) is 0.537. The van der Waals surface area contributed by atoms with Gasteiger partial charge in [0, 0.05) is 16.6 Å². The first-order chi connectivity index (χ1) is 12.5. The Bertz CT molecular complexity index is 762. The Labute approximate surface area is 162 Å². The molecule has 6 rings (SSSR count). The highest BCUT2D eigenvalue weighted by Crippen LogP contribution is 2.64. The highest BCUT2D eigenvalue weighted by atomic mass is 79.9.